The number of hydrogen-bond acceptors (Lipinski definition) is 3. The van der Waals surface area contributed by atoms with Gasteiger partial charge in [0.05, 0.1) is 15.7 Å². The maximum atomic E-state index is 6.32. The van der Waals surface area contributed by atoms with Gasteiger partial charge >= 0.3 is 0 Å². The summed E-state index contributed by atoms with van der Waals surface area (Å²) in [7, 11) is 0. The van der Waals surface area contributed by atoms with Crippen molar-refractivity contribution >= 4 is 62.7 Å². The maximum absolute atomic E-state index is 6.32. The topological polar surface area (TPSA) is 45.7 Å². The first-order chi connectivity index (χ1) is 12.0. The molecule has 0 atom stereocenters. The summed E-state index contributed by atoms with van der Waals surface area (Å²) in [6.45, 7) is 3.08. The average molecular weight is 461 g/mol. The van der Waals surface area contributed by atoms with E-state index in [9.17, 15) is 0 Å². The van der Waals surface area contributed by atoms with E-state index in [2.05, 4.69) is 31.8 Å². The fourth-order valence-corrected chi connectivity index (χ4v) is 3.21. The number of hydrazone groups is 1. The maximum Gasteiger partial charge on any atom is 0.186 e. The summed E-state index contributed by atoms with van der Waals surface area (Å²) in [5.74, 6) is 0.574. The molecule has 0 aromatic heterocycles. The van der Waals surface area contributed by atoms with Gasteiger partial charge in [0.15, 0.2) is 10.9 Å². The fraction of sp³-hybridized carbons (Fsp3) is 0.176. The van der Waals surface area contributed by atoms with Crippen LogP contribution in [-0.2, 0) is 6.61 Å². The second-order valence-electron chi connectivity index (χ2n) is 4.96. The summed E-state index contributed by atoms with van der Waals surface area (Å²) in [6.07, 6.45) is 1.63. The third-order valence-corrected chi connectivity index (χ3v) is 4.39. The van der Waals surface area contributed by atoms with Crippen LogP contribution in [0.15, 0.2) is 46.0 Å². The number of hydrogen-bond donors (Lipinski definition) is 2. The number of benzene rings is 2. The van der Waals surface area contributed by atoms with Gasteiger partial charge in [0, 0.05) is 11.6 Å². The normalized spacial score (nSPS) is 10.7. The third-order valence-electron chi connectivity index (χ3n) is 3.03. The molecule has 0 fully saturated rings. The third kappa shape index (κ3) is 6.47. The van der Waals surface area contributed by atoms with Gasteiger partial charge < -0.3 is 10.1 Å². The SMILES string of the molecule is CCNC(=S)N/N=C\c1cc(Cl)c(OCc2ccc(Cl)cc2)c(Br)c1. The van der Waals surface area contributed by atoms with Crippen molar-refractivity contribution in [1.82, 2.24) is 10.7 Å². The van der Waals surface area contributed by atoms with Crippen molar-refractivity contribution in [2.45, 2.75) is 13.5 Å². The van der Waals surface area contributed by atoms with Crippen LogP contribution in [0.4, 0.5) is 0 Å². The van der Waals surface area contributed by atoms with E-state index in [1.54, 1.807) is 12.3 Å². The highest BCUT2D eigenvalue weighted by Crippen LogP contribution is 2.34. The van der Waals surface area contributed by atoms with Gasteiger partial charge in [0.2, 0.25) is 0 Å². The Kier molecular flexibility index (Phi) is 7.96. The van der Waals surface area contributed by atoms with Crippen LogP contribution in [0, 0.1) is 0 Å². The van der Waals surface area contributed by atoms with Gasteiger partial charge in [0.1, 0.15) is 6.61 Å². The number of rotatable bonds is 6. The zero-order valence-electron chi connectivity index (χ0n) is 13.4. The molecule has 2 aromatic carbocycles. The fourth-order valence-electron chi connectivity index (χ4n) is 1.89. The predicted octanol–water partition coefficient (Wildman–Crippen LogP) is 5.15. The zero-order chi connectivity index (χ0) is 18.2. The van der Waals surface area contributed by atoms with Gasteiger partial charge in [-0.1, -0.05) is 35.3 Å². The molecule has 0 saturated carbocycles. The molecule has 0 radical (unpaired) electrons. The van der Waals surface area contributed by atoms with Crippen LogP contribution in [0.25, 0.3) is 0 Å². The molecular formula is C17H16BrCl2N3OS. The lowest BCUT2D eigenvalue weighted by molar-refractivity contribution is 0.304. The lowest BCUT2D eigenvalue weighted by Crippen LogP contribution is -2.31. The van der Waals surface area contributed by atoms with E-state index >= 15 is 0 Å². The van der Waals surface area contributed by atoms with E-state index in [1.165, 1.54) is 0 Å². The number of halogens is 3. The van der Waals surface area contributed by atoms with E-state index in [4.69, 9.17) is 40.2 Å². The van der Waals surface area contributed by atoms with Crippen molar-refractivity contribution in [1.29, 1.82) is 0 Å². The largest absolute Gasteiger partial charge is 0.486 e. The Hall–Kier alpha value is -1.34. The molecule has 0 amide bonds. The van der Waals surface area contributed by atoms with E-state index in [0.717, 1.165) is 22.1 Å². The molecule has 4 nitrogen and oxygen atoms in total. The molecule has 0 heterocycles. The summed E-state index contributed by atoms with van der Waals surface area (Å²) in [5.41, 5.74) is 4.53. The summed E-state index contributed by atoms with van der Waals surface area (Å²) >= 11 is 20.7. The highest BCUT2D eigenvalue weighted by atomic mass is 79.9. The molecule has 2 aromatic rings. The minimum Gasteiger partial charge on any atom is -0.486 e. The Bertz CT molecular complexity index is 746. The Morgan fingerprint density at radius 3 is 2.64 bits per heavy atom. The highest BCUT2D eigenvalue weighted by molar-refractivity contribution is 9.10. The Morgan fingerprint density at radius 2 is 2.00 bits per heavy atom. The van der Waals surface area contributed by atoms with Crippen molar-refractivity contribution in [3.63, 3.8) is 0 Å². The molecule has 25 heavy (non-hydrogen) atoms. The monoisotopic (exact) mass is 459 g/mol. The van der Waals surface area contributed by atoms with Crippen LogP contribution in [0.5, 0.6) is 5.75 Å². The second kappa shape index (κ2) is 9.97. The Labute approximate surface area is 170 Å². The molecule has 0 bridgehead atoms. The van der Waals surface area contributed by atoms with Gasteiger partial charge in [-0.15, -0.1) is 0 Å². The predicted molar refractivity (Wildman–Crippen MR) is 112 cm³/mol. The first kappa shape index (κ1) is 20.0. The first-order valence-electron chi connectivity index (χ1n) is 7.42. The van der Waals surface area contributed by atoms with Crippen molar-refractivity contribution in [2.24, 2.45) is 5.10 Å². The standard InChI is InChI=1S/C17H16BrCl2N3OS/c1-2-21-17(25)23-22-9-12-7-14(18)16(15(20)8-12)24-10-11-3-5-13(19)6-4-11/h3-9H,2,10H2,1H3,(H2,21,23,25)/b22-9-. The Morgan fingerprint density at radius 1 is 1.28 bits per heavy atom. The smallest absolute Gasteiger partial charge is 0.186 e. The minimum absolute atomic E-state index is 0.390. The van der Waals surface area contributed by atoms with E-state index in [-0.39, 0.29) is 0 Å². The summed E-state index contributed by atoms with van der Waals surface area (Å²) in [6, 6.07) is 11.1. The van der Waals surface area contributed by atoms with Crippen LogP contribution < -0.4 is 15.5 Å². The van der Waals surface area contributed by atoms with Crippen molar-refractivity contribution in [2.75, 3.05) is 6.54 Å². The van der Waals surface area contributed by atoms with Gasteiger partial charge in [-0.3, -0.25) is 5.43 Å². The van der Waals surface area contributed by atoms with Crippen LogP contribution in [0.2, 0.25) is 10.0 Å². The van der Waals surface area contributed by atoms with Gasteiger partial charge in [-0.25, -0.2) is 0 Å². The van der Waals surface area contributed by atoms with E-state index in [0.29, 0.717) is 27.5 Å². The summed E-state index contributed by atoms with van der Waals surface area (Å²) < 4.78 is 6.55. The van der Waals surface area contributed by atoms with Crippen LogP contribution in [-0.4, -0.2) is 17.9 Å². The molecule has 8 heteroatoms. The molecule has 0 unspecified atom stereocenters. The molecule has 0 aliphatic rings. The number of nitrogens with zero attached hydrogens (tertiary/aromatic N) is 1. The quantitative estimate of drug-likeness (QED) is 0.355. The Balaban J connectivity index is 2.02. The summed E-state index contributed by atoms with van der Waals surface area (Å²) in [4.78, 5) is 0. The molecule has 0 aliphatic carbocycles. The van der Waals surface area contributed by atoms with E-state index in [1.807, 2.05) is 37.3 Å². The molecule has 132 valence electrons. The molecule has 2 rings (SSSR count). The van der Waals surface area contributed by atoms with Crippen molar-refractivity contribution < 1.29 is 4.74 Å². The van der Waals surface area contributed by atoms with Crippen LogP contribution in [0.1, 0.15) is 18.1 Å². The number of ether oxygens (including phenoxy) is 1. The first-order valence-corrected chi connectivity index (χ1v) is 9.38. The number of nitrogens with one attached hydrogen (secondary N) is 2. The average Bonchev–Trinajstić information content (AvgIpc) is 2.56. The zero-order valence-corrected chi connectivity index (χ0v) is 17.3. The van der Waals surface area contributed by atoms with Crippen molar-refractivity contribution in [3.05, 3.63) is 62.0 Å². The second-order valence-corrected chi connectivity index (χ2v) is 7.06. The van der Waals surface area contributed by atoms with Gasteiger partial charge in [-0.05, 0) is 70.5 Å². The van der Waals surface area contributed by atoms with Crippen LogP contribution >= 0.6 is 51.3 Å². The summed E-state index contributed by atoms with van der Waals surface area (Å²) in [5, 5.41) is 8.64. The molecule has 2 N–H and O–H groups in total. The lowest BCUT2D eigenvalue weighted by atomic mass is 10.2. The molecule has 0 saturated heterocycles. The van der Waals surface area contributed by atoms with E-state index < -0.39 is 0 Å². The highest BCUT2D eigenvalue weighted by Gasteiger charge is 2.09. The molecule has 0 aliphatic heterocycles. The molecular weight excluding hydrogens is 445 g/mol. The van der Waals surface area contributed by atoms with Crippen molar-refractivity contribution in [3.8, 4) is 5.75 Å². The molecule has 0 spiro atoms. The minimum atomic E-state index is 0.390. The lowest BCUT2D eigenvalue weighted by Gasteiger charge is -2.11. The van der Waals surface area contributed by atoms with Gasteiger partial charge in [0.25, 0.3) is 0 Å². The van der Waals surface area contributed by atoms with Crippen LogP contribution in [0.3, 0.4) is 0 Å². The van der Waals surface area contributed by atoms with Gasteiger partial charge in [-0.2, -0.15) is 5.10 Å². The number of thiocarbonyl (C=S) groups is 1.